The van der Waals surface area contributed by atoms with Crippen LogP contribution >= 0.6 is 39.1 Å². The van der Waals surface area contributed by atoms with Crippen LogP contribution in [0.15, 0.2) is 58.1 Å². The molecule has 0 aliphatic heterocycles. The van der Waals surface area contributed by atoms with Crippen molar-refractivity contribution in [3.63, 3.8) is 0 Å². The maximum Gasteiger partial charge on any atom is 0.244 e. The highest BCUT2D eigenvalue weighted by atomic mass is 79.9. The first-order chi connectivity index (χ1) is 15.8. The lowest BCUT2D eigenvalue weighted by Gasteiger charge is -2.14. The molecular weight excluding hydrogens is 527 g/mol. The van der Waals surface area contributed by atoms with Gasteiger partial charge in [-0.15, -0.1) is 0 Å². The molecule has 33 heavy (non-hydrogen) atoms. The van der Waals surface area contributed by atoms with Crippen LogP contribution in [-0.2, 0) is 17.8 Å². The van der Waals surface area contributed by atoms with Gasteiger partial charge in [-0.25, -0.2) is 5.43 Å². The first-order valence-corrected chi connectivity index (χ1v) is 11.6. The van der Waals surface area contributed by atoms with E-state index in [-0.39, 0.29) is 18.9 Å². The second-order valence-corrected chi connectivity index (χ2v) is 9.15. The van der Waals surface area contributed by atoms with Crippen LogP contribution in [0.4, 0.5) is 0 Å². The molecule has 3 rings (SSSR count). The lowest BCUT2D eigenvalue weighted by Crippen LogP contribution is -2.19. The molecule has 0 atom stereocenters. The molecule has 0 unspecified atom stereocenters. The molecule has 0 aliphatic carbocycles. The van der Waals surface area contributed by atoms with E-state index in [1.165, 1.54) is 5.56 Å². The highest BCUT2D eigenvalue weighted by molar-refractivity contribution is 9.10. The monoisotopic (exact) mass is 548 g/mol. The Balaban J connectivity index is 1.65. The zero-order chi connectivity index (χ0) is 24.0. The van der Waals surface area contributed by atoms with E-state index >= 15 is 0 Å². The third-order valence-corrected chi connectivity index (χ3v) is 6.15. The lowest BCUT2D eigenvalue weighted by atomic mass is 10.0. The van der Waals surface area contributed by atoms with E-state index in [0.29, 0.717) is 26.0 Å². The van der Waals surface area contributed by atoms with Gasteiger partial charge in [0.15, 0.2) is 11.5 Å². The van der Waals surface area contributed by atoms with Gasteiger partial charge in [0.05, 0.1) is 24.2 Å². The standard InChI is InChI=1S/C25H23BrCl2N2O3/c1-15-4-5-17(8-16(15)2)11-24(31)30-29-13-18-9-21(26)25(23(10-18)32-3)33-14-19-6-7-20(27)12-22(19)28/h4-10,12-13H,11,14H2,1-3H3,(H,30,31)/b29-13-. The Labute approximate surface area is 211 Å². The molecule has 0 saturated carbocycles. The quantitative estimate of drug-likeness (QED) is 0.252. The number of ether oxygens (including phenoxy) is 2. The smallest absolute Gasteiger partial charge is 0.244 e. The minimum atomic E-state index is -0.194. The number of hydrazone groups is 1. The molecule has 0 radical (unpaired) electrons. The van der Waals surface area contributed by atoms with Crippen molar-refractivity contribution < 1.29 is 14.3 Å². The molecule has 0 aromatic heterocycles. The normalized spacial score (nSPS) is 11.0. The Hall–Kier alpha value is -2.54. The Kier molecular flexibility index (Phi) is 8.78. The first-order valence-electron chi connectivity index (χ1n) is 10.1. The Morgan fingerprint density at radius 1 is 1.09 bits per heavy atom. The van der Waals surface area contributed by atoms with Crippen molar-refractivity contribution in [3.8, 4) is 11.5 Å². The van der Waals surface area contributed by atoms with E-state index in [1.54, 1.807) is 31.5 Å². The summed E-state index contributed by atoms with van der Waals surface area (Å²) in [6, 6.07) is 14.8. The molecule has 5 nitrogen and oxygen atoms in total. The third kappa shape index (κ3) is 6.97. The number of carbonyl (C=O) groups excluding carboxylic acids is 1. The number of rotatable bonds is 8. The molecule has 3 aromatic carbocycles. The highest BCUT2D eigenvalue weighted by Gasteiger charge is 2.13. The predicted octanol–water partition coefficient (Wildman–Crippen LogP) is 6.65. The van der Waals surface area contributed by atoms with E-state index < -0.39 is 0 Å². The molecular formula is C25H23BrCl2N2O3. The minimum absolute atomic E-state index is 0.194. The summed E-state index contributed by atoms with van der Waals surface area (Å²) in [4.78, 5) is 12.2. The Morgan fingerprint density at radius 2 is 1.88 bits per heavy atom. The van der Waals surface area contributed by atoms with Crippen molar-refractivity contribution in [3.05, 3.63) is 90.9 Å². The fourth-order valence-electron chi connectivity index (χ4n) is 3.06. The molecule has 0 saturated heterocycles. The third-order valence-electron chi connectivity index (χ3n) is 4.98. The number of benzene rings is 3. The average Bonchev–Trinajstić information content (AvgIpc) is 2.76. The maximum atomic E-state index is 12.2. The molecule has 1 amide bonds. The number of aryl methyl sites for hydroxylation is 2. The number of methoxy groups -OCH3 is 1. The molecule has 0 spiro atoms. The van der Waals surface area contributed by atoms with E-state index in [2.05, 4.69) is 26.5 Å². The van der Waals surface area contributed by atoms with Crippen LogP contribution in [-0.4, -0.2) is 19.2 Å². The van der Waals surface area contributed by atoms with Crippen LogP contribution in [0.25, 0.3) is 0 Å². The summed E-state index contributed by atoms with van der Waals surface area (Å²) in [7, 11) is 1.55. The number of hydrogen-bond acceptors (Lipinski definition) is 4. The van der Waals surface area contributed by atoms with Gasteiger partial charge in [0, 0.05) is 15.6 Å². The topological polar surface area (TPSA) is 59.9 Å². The van der Waals surface area contributed by atoms with Gasteiger partial charge in [-0.2, -0.15) is 5.10 Å². The molecule has 0 heterocycles. The lowest BCUT2D eigenvalue weighted by molar-refractivity contribution is -0.120. The highest BCUT2D eigenvalue weighted by Crippen LogP contribution is 2.37. The summed E-state index contributed by atoms with van der Waals surface area (Å²) < 4.78 is 12.1. The number of nitrogens with one attached hydrogen (secondary N) is 1. The van der Waals surface area contributed by atoms with Gasteiger partial charge in [-0.05, 0) is 76.3 Å². The predicted molar refractivity (Wildman–Crippen MR) is 137 cm³/mol. The zero-order valence-corrected chi connectivity index (χ0v) is 21.5. The number of hydrogen-bond donors (Lipinski definition) is 1. The largest absolute Gasteiger partial charge is 0.493 e. The van der Waals surface area contributed by atoms with Crippen LogP contribution in [0.2, 0.25) is 10.0 Å². The number of nitrogens with zero attached hydrogens (tertiary/aromatic N) is 1. The first kappa shape index (κ1) is 25.1. The van der Waals surface area contributed by atoms with Gasteiger partial charge >= 0.3 is 0 Å². The van der Waals surface area contributed by atoms with Crippen LogP contribution in [0, 0.1) is 13.8 Å². The molecule has 0 aliphatic rings. The summed E-state index contributed by atoms with van der Waals surface area (Å²) in [5.74, 6) is 0.845. The number of amides is 1. The summed E-state index contributed by atoms with van der Waals surface area (Å²) in [6.45, 7) is 4.31. The van der Waals surface area contributed by atoms with E-state index in [0.717, 1.165) is 22.3 Å². The number of halogens is 3. The Bertz CT molecular complexity index is 1200. The average molecular weight is 550 g/mol. The van der Waals surface area contributed by atoms with Crippen molar-refractivity contribution in [1.29, 1.82) is 0 Å². The van der Waals surface area contributed by atoms with Crippen LogP contribution in [0.1, 0.15) is 27.8 Å². The van der Waals surface area contributed by atoms with Crippen molar-refractivity contribution in [2.75, 3.05) is 7.11 Å². The van der Waals surface area contributed by atoms with Gasteiger partial charge in [0.25, 0.3) is 0 Å². The summed E-state index contributed by atoms with van der Waals surface area (Å²) in [6.07, 6.45) is 1.80. The minimum Gasteiger partial charge on any atom is -0.493 e. The Morgan fingerprint density at radius 3 is 2.58 bits per heavy atom. The fourth-order valence-corrected chi connectivity index (χ4v) is 4.10. The van der Waals surface area contributed by atoms with Gasteiger partial charge in [-0.1, -0.05) is 47.5 Å². The van der Waals surface area contributed by atoms with Gasteiger partial charge in [0.1, 0.15) is 6.61 Å². The number of carbonyl (C=O) groups is 1. The summed E-state index contributed by atoms with van der Waals surface area (Å²) >= 11 is 15.7. The molecule has 0 bridgehead atoms. The summed E-state index contributed by atoms with van der Waals surface area (Å²) in [5, 5.41) is 5.15. The van der Waals surface area contributed by atoms with Crippen molar-refractivity contribution in [2.24, 2.45) is 5.10 Å². The van der Waals surface area contributed by atoms with E-state index in [4.69, 9.17) is 32.7 Å². The van der Waals surface area contributed by atoms with Crippen molar-refractivity contribution in [2.45, 2.75) is 26.9 Å². The molecule has 1 N–H and O–H groups in total. The van der Waals surface area contributed by atoms with Crippen LogP contribution in [0.3, 0.4) is 0 Å². The van der Waals surface area contributed by atoms with E-state index in [1.807, 2.05) is 44.2 Å². The zero-order valence-electron chi connectivity index (χ0n) is 18.4. The second kappa shape index (κ2) is 11.5. The molecule has 0 fully saturated rings. The van der Waals surface area contributed by atoms with Gasteiger partial charge < -0.3 is 9.47 Å². The molecule has 8 heteroatoms. The van der Waals surface area contributed by atoms with Gasteiger partial charge in [-0.3, -0.25) is 4.79 Å². The maximum absolute atomic E-state index is 12.2. The van der Waals surface area contributed by atoms with E-state index in [9.17, 15) is 4.79 Å². The van der Waals surface area contributed by atoms with Crippen molar-refractivity contribution in [1.82, 2.24) is 5.43 Å². The second-order valence-electron chi connectivity index (χ2n) is 7.45. The van der Waals surface area contributed by atoms with Gasteiger partial charge in [0.2, 0.25) is 5.91 Å². The van der Waals surface area contributed by atoms with Crippen LogP contribution < -0.4 is 14.9 Å². The van der Waals surface area contributed by atoms with Crippen LogP contribution in [0.5, 0.6) is 11.5 Å². The summed E-state index contributed by atoms with van der Waals surface area (Å²) in [5.41, 5.74) is 7.37. The van der Waals surface area contributed by atoms with Crippen molar-refractivity contribution >= 4 is 51.3 Å². The fraction of sp³-hybridized carbons (Fsp3) is 0.200. The molecule has 172 valence electrons. The molecule has 3 aromatic rings. The SMILES string of the molecule is COc1cc(/C=N\NC(=O)Cc2ccc(C)c(C)c2)cc(Br)c1OCc1ccc(Cl)cc1Cl.